The Morgan fingerprint density at radius 2 is 2.00 bits per heavy atom. The van der Waals surface area contributed by atoms with Crippen molar-refractivity contribution in [2.75, 3.05) is 13.2 Å². The Morgan fingerprint density at radius 3 is 2.61 bits per heavy atom. The van der Waals surface area contributed by atoms with Crippen LogP contribution in [0.5, 0.6) is 0 Å². The Labute approximate surface area is 111 Å². The van der Waals surface area contributed by atoms with Gasteiger partial charge in [-0.3, -0.25) is 0 Å². The number of unbranched alkanes of at least 4 members (excludes halogenated alkanes) is 3. The van der Waals surface area contributed by atoms with E-state index >= 15 is 0 Å². The van der Waals surface area contributed by atoms with Crippen LogP contribution in [0, 0.1) is 11.3 Å². The van der Waals surface area contributed by atoms with Crippen LogP contribution in [0.25, 0.3) is 0 Å². The van der Waals surface area contributed by atoms with Crippen molar-refractivity contribution in [1.29, 1.82) is 5.26 Å². The van der Waals surface area contributed by atoms with E-state index in [1.165, 1.54) is 12.1 Å². The molecule has 1 aromatic heterocycles. The molecule has 0 aliphatic rings. The summed E-state index contributed by atoms with van der Waals surface area (Å²) in [5, 5.41) is 17.2. The van der Waals surface area contributed by atoms with Crippen molar-refractivity contribution >= 4 is 21.4 Å². The molecule has 0 aliphatic heterocycles. The van der Waals surface area contributed by atoms with Crippen LogP contribution in [0.3, 0.4) is 0 Å². The lowest BCUT2D eigenvalue weighted by Gasteiger charge is -2.04. The molecule has 0 atom stereocenters. The zero-order chi connectivity index (χ0) is 13.4. The van der Waals surface area contributed by atoms with E-state index in [0.717, 1.165) is 37.0 Å². The molecule has 0 radical (unpaired) electrons. The molecule has 18 heavy (non-hydrogen) atoms. The van der Waals surface area contributed by atoms with Crippen molar-refractivity contribution in [3.63, 3.8) is 0 Å². The van der Waals surface area contributed by atoms with Gasteiger partial charge in [0.1, 0.15) is 15.2 Å². The molecule has 0 unspecified atom stereocenters. The minimum absolute atomic E-state index is 0.175. The largest absolute Gasteiger partial charge is 0.396 e. The van der Waals surface area contributed by atoms with Gasteiger partial charge in [-0.2, -0.15) is 5.26 Å². The molecule has 0 aromatic carbocycles. The summed E-state index contributed by atoms with van der Waals surface area (Å²) < 4.78 is 26.3. The van der Waals surface area contributed by atoms with Crippen molar-refractivity contribution in [3.8, 4) is 6.07 Å². The monoisotopic (exact) mass is 288 g/mol. The van der Waals surface area contributed by atoms with Crippen molar-refractivity contribution < 1.29 is 13.5 Å². The minimum atomic E-state index is -3.47. The number of thiophene rings is 1. The fourth-order valence-electron chi connectivity index (χ4n) is 1.39. The average molecular weight is 288 g/mol. The van der Waals surface area contributed by atoms with Gasteiger partial charge in [-0.25, -0.2) is 13.1 Å². The van der Waals surface area contributed by atoms with E-state index in [4.69, 9.17) is 10.4 Å². The van der Waals surface area contributed by atoms with Crippen LogP contribution in [0.15, 0.2) is 16.3 Å². The van der Waals surface area contributed by atoms with Gasteiger partial charge >= 0.3 is 0 Å². The summed E-state index contributed by atoms with van der Waals surface area (Å²) >= 11 is 0.967. The third-order valence-electron chi connectivity index (χ3n) is 2.33. The van der Waals surface area contributed by atoms with Gasteiger partial charge in [0, 0.05) is 13.2 Å². The van der Waals surface area contributed by atoms with Gasteiger partial charge < -0.3 is 5.11 Å². The molecule has 5 nitrogen and oxygen atoms in total. The van der Waals surface area contributed by atoms with Gasteiger partial charge in [-0.15, -0.1) is 11.3 Å². The number of sulfonamides is 1. The lowest BCUT2D eigenvalue weighted by molar-refractivity contribution is 0.282. The summed E-state index contributed by atoms with van der Waals surface area (Å²) in [6, 6.07) is 4.85. The molecule has 0 bridgehead atoms. The molecular formula is C11H16N2O3S2. The van der Waals surface area contributed by atoms with Crippen LogP contribution < -0.4 is 4.72 Å². The van der Waals surface area contributed by atoms with E-state index in [1.807, 2.05) is 6.07 Å². The summed E-state index contributed by atoms with van der Waals surface area (Å²) in [5.41, 5.74) is 0. The van der Waals surface area contributed by atoms with Crippen LogP contribution in [0.4, 0.5) is 0 Å². The maximum Gasteiger partial charge on any atom is 0.250 e. The first-order chi connectivity index (χ1) is 8.60. The minimum Gasteiger partial charge on any atom is -0.396 e. The van der Waals surface area contributed by atoms with Crippen LogP contribution in [0.2, 0.25) is 0 Å². The van der Waals surface area contributed by atoms with E-state index in [0.29, 0.717) is 11.4 Å². The first kappa shape index (κ1) is 15.1. The fourth-order valence-corrected chi connectivity index (χ4v) is 3.61. The smallest absolute Gasteiger partial charge is 0.250 e. The normalized spacial score (nSPS) is 11.3. The van der Waals surface area contributed by atoms with E-state index in [2.05, 4.69) is 4.72 Å². The topological polar surface area (TPSA) is 90.2 Å². The van der Waals surface area contributed by atoms with Gasteiger partial charge in [0.25, 0.3) is 0 Å². The van der Waals surface area contributed by atoms with E-state index in [9.17, 15) is 8.42 Å². The number of hydrogen-bond donors (Lipinski definition) is 2. The molecule has 7 heteroatoms. The molecule has 1 aromatic rings. The van der Waals surface area contributed by atoms with Crippen molar-refractivity contribution in [1.82, 2.24) is 4.72 Å². The Kier molecular flexibility index (Phi) is 6.29. The second kappa shape index (κ2) is 7.48. The molecule has 0 amide bonds. The average Bonchev–Trinajstić information content (AvgIpc) is 2.83. The van der Waals surface area contributed by atoms with Crippen LogP contribution in [-0.2, 0) is 10.0 Å². The maximum absolute atomic E-state index is 11.8. The highest BCUT2D eigenvalue weighted by Crippen LogP contribution is 2.20. The van der Waals surface area contributed by atoms with Crippen LogP contribution in [-0.4, -0.2) is 26.7 Å². The maximum atomic E-state index is 11.8. The zero-order valence-electron chi connectivity index (χ0n) is 9.92. The first-order valence-electron chi connectivity index (χ1n) is 5.70. The standard InChI is InChI=1S/C11H16N2O3S2/c12-9-10-5-6-11(17-10)18(15,16)13-7-3-1-2-4-8-14/h5-6,13-14H,1-4,7-8H2. The third kappa shape index (κ3) is 4.74. The van der Waals surface area contributed by atoms with Gasteiger partial charge in [0.15, 0.2) is 0 Å². The van der Waals surface area contributed by atoms with Gasteiger partial charge in [-0.05, 0) is 25.0 Å². The molecule has 0 saturated heterocycles. The predicted molar refractivity (Wildman–Crippen MR) is 69.8 cm³/mol. The second-order valence-electron chi connectivity index (χ2n) is 3.77. The number of nitrogens with zero attached hydrogens (tertiary/aromatic N) is 1. The lowest BCUT2D eigenvalue weighted by Crippen LogP contribution is -2.23. The van der Waals surface area contributed by atoms with Gasteiger partial charge in [0.2, 0.25) is 10.0 Å². The summed E-state index contributed by atoms with van der Waals surface area (Å²) in [4.78, 5) is 0.387. The van der Waals surface area contributed by atoms with Crippen LogP contribution >= 0.6 is 11.3 Å². The highest BCUT2D eigenvalue weighted by atomic mass is 32.2. The van der Waals surface area contributed by atoms with Gasteiger partial charge in [-0.1, -0.05) is 12.8 Å². The molecule has 0 spiro atoms. The highest BCUT2D eigenvalue weighted by molar-refractivity contribution is 7.91. The number of rotatable bonds is 8. The lowest BCUT2D eigenvalue weighted by atomic mass is 10.2. The van der Waals surface area contributed by atoms with E-state index in [1.54, 1.807) is 0 Å². The highest BCUT2D eigenvalue weighted by Gasteiger charge is 2.15. The predicted octanol–water partition coefficient (Wildman–Crippen LogP) is 1.45. The Balaban J connectivity index is 2.39. The Bertz CT molecular complexity index is 503. The van der Waals surface area contributed by atoms with E-state index < -0.39 is 10.0 Å². The number of nitriles is 1. The van der Waals surface area contributed by atoms with Gasteiger partial charge in [0.05, 0.1) is 0 Å². The zero-order valence-corrected chi connectivity index (χ0v) is 11.6. The molecule has 1 rings (SSSR count). The number of hydrogen-bond acceptors (Lipinski definition) is 5. The molecule has 2 N–H and O–H groups in total. The summed E-state index contributed by atoms with van der Waals surface area (Å²) in [5.74, 6) is 0. The third-order valence-corrected chi connectivity index (χ3v) is 5.28. The fraction of sp³-hybridized carbons (Fsp3) is 0.545. The second-order valence-corrected chi connectivity index (χ2v) is 6.84. The molecule has 0 aliphatic carbocycles. The number of nitrogens with one attached hydrogen (secondary N) is 1. The summed E-state index contributed by atoms with van der Waals surface area (Å²) in [6.07, 6.45) is 3.28. The Morgan fingerprint density at radius 1 is 1.28 bits per heavy atom. The van der Waals surface area contributed by atoms with Crippen molar-refractivity contribution in [2.24, 2.45) is 0 Å². The molecule has 100 valence electrons. The first-order valence-corrected chi connectivity index (χ1v) is 8.00. The summed E-state index contributed by atoms with van der Waals surface area (Å²) in [6.45, 7) is 0.561. The van der Waals surface area contributed by atoms with E-state index in [-0.39, 0.29) is 10.8 Å². The van der Waals surface area contributed by atoms with Crippen LogP contribution in [0.1, 0.15) is 30.6 Å². The number of aliphatic hydroxyl groups excluding tert-OH is 1. The molecule has 0 saturated carbocycles. The molecule has 0 fully saturated rings. The quantitative estimate of drug-likeness (QED) is 0.708. The molecule has 1 heterocycles. The number of aliphatic hydroxyl groups is 1. The van der Waals surface area contributed by atoms with Crippen molar-refractivity contribution in [3.05, 3.63) is 17.0 Å². The summed E-state index contributed by atoms with van der Waals surface area (Å²) in [7, 11) is -3.47. The SMILES string of the molecule is N#Cc1ccc(S(=O)(=O)NCCCCCCO)s1. The van der Waals surface area contributed by atoms with Crippen molar-refractivity contribution in [2.45, 2.75) is 29.9 Å². The Hall–Kier alpha value is -0.940. The molecular weight excluding hydrogens is 272 g/mol.